The number of unbranched alkanes of at least 4 members (excludes halogenated alkanes) is 36. The van der Waals surface area contributed by atoms with Crippen LogP contribution in [0.15, 0.2) is 0 Å². The molecular weight excluding hydrogens is 693 g/mol. The third kappa shape index (κ3) is 80.8. The number of hydrogen-bond donors (Lipinski definition) is 0. The summed E-state index contributed by atoms with van der Waals surface area (Å²) in [6.45, 7) is 6.77. The molecule has 0 radical (unpaired) electrons. The molecule has 324 valence electrons. The van der Waals surface area contributed by atoms with Crippen molar-refractivity contribution in [1.29, 1.82) is 0 Å². The van der Waals surface area contributed by atoms with Gasteiger partial charge in [0.15, 0.2) is 0 Å². The van der Waals surface area contributed by atoms with E-state index in [0.717, 1.165) is 38.5 Å². The quantitative estimate of drug-likeness (QED) is 0.0689. The van der Waals surface area contributed by atoms with Crippen LogP contribution in [0, 0.1) is 0 Å². The average molecular weight is 787 g/mol. The predicted molar refractivity (Wildman–Crippen MR) is 226 cm³/mol. The van der Waals surface area contributed by atoms with Crippen molar-refractivity contribution < 1.29 is 86.3 Å². The molecule has 0 aromatic carbocycles. The average Bonchev–Trinajstić information content (AvgIpc) is 3.14. The molecule has 0 aliphatic carbocycles. The Morgan fingerprint density at radius 3 is 0.439 bits per heavy atom. The molecule has 0 saturated carbocycles. The molecule has 0 rings (SSSR count). The van der Waals surface area contributed by atoms with E-state index in [0.29, 0.717) is 0 Å². The molecule has 0 saturated heterocycles. The maximum absolute atomic E-state index is 10.2. The van der Waals surface area contributed by atoms with Crippen LogP contribution in [0.1, 0.15) is 290 Å². The fourth-order valence-corrected chi connectivity index (χ4v) is 6.86. The van der Waals surface area contributed by atoms with E-state index in [-0.39, 0.29) is 75.8 Å². The summed E-state index contributed by atoms with van der Waals surface area (Å²) >= 11 is 0. The van der Waals surface area contributed by atoms with E-state index in [1.54, 1.807) is 0 Å². The number of hydrogen-bond acceptors (Lipinski definition) is 6. The molecule has 0 aromatic heterocycles. The van der Waals surface area contributed by atoms with Gasteiger partial charge in [-0.25, -0.2) is 0 Å². The van der Waals surface area contributed by atoms with Crippen LogP contribution < -0.4 is 71.9 Å². The minimum Gasteiger partial charge on any atom is -0.550 e. The Bertz CT molecular complexity index is 646. The monoisotopic (exact) mass is 787 g/mol. The van der Waals surface area contributed by atoms with Crippen molar-refractivity contribution in [3.05, 3.63) is 0 Å². The van der Waals surface area contributed by atoms with Gasteiger partial charge in [-0.15, -0.1) is 0 Å². The minimum atomic E-state index is -0.905. The molecule has 0 fully saturated rings. The van der Waals surface area contributed by atoms with Gasteiger partial charge in [-0.3, -0.25) is 0 Å². The topological polar surface area (TPSA) is 120 Å². The summed E-state index contributed by atoms with van der Waals surface area (Å²) in [4.78, 5) is 30.6. The Morgan fingerprint density at radius 1 is 0.228 bits per heavy atom. The number of carbonyl (C=O) groups is 3. The molecule has 0 aliphatic heterocycles. The van der Waals surface area contributed by atoms with Crippen LogP contribution in [0.2, 0.25) is 0 Å². The van der Waals surface area contributed by atoms with Crippen molar-refractivity contribution in [3.63, 3.8) is 0 Å². The normalized spacial score (nSPS) is 10.2. The summed E-state index contributed by atoms with van der Waals surface area (Å²) in [6.07, 6.45) is 50.8. The third-order valence-corrected chi connectivity index (χ3v) is 10.5. The molecule has 0 bridgehead atoms. The summed E-state index contributed by atoms with van der Waals surface area (Å²) in [5.41, 5.74) is 0. The summed E-state index contributed by atoms with van der Waals surface area (Å²) in [5.74, 6) is -2.71. The second-order valence-electron chi connectivity index (χ2n) is 16.1. The Balaban J connectivity index is -0.000000167. The van der Waals surface area contributed by atoms with E-state index in [4.69, 9.17) is 0 Å². The van der Waals surface area contributed by atoms with Crippen molar-refractivity contribution in [3.8, 4) is 0 Å². The second kappa shape index (κ2) is 65.3. The first-order valence-corrected chi connectivity index (χ1v) is 23.9. The van der Waals surface area contributed by atoms with Crippen molar-refractivity contribution in [1.82, 2.24) is 0 Å². The van der Waals surface area contributed by atoms with Crippen LogP contribution >= 0.6 is 0 Å². The van der Waals surface area contributed by atoms with Gasteiger partial charge in [-0.05, 0) is 38.5 Å². The summed E-state index contributed by atoms with van der Waals surface area (Å²) in [6, 6.07) is 0. The predicted octanol–water partition coefficient (Wildman–Crippen LogP) is 3.66. The molecule has 0 N–H and O–H groups in total. The van der Waals surface area contributed by atoms with Gasteiger partial charge >= 0.3 is 56.6 Å². The standard InChI is InChI=1S/3C16H32O2.3Li/c3*1-2-3-4-5-6-7-8-9-10-11-12-13-14-15-16(17)18;;;/h3*2-15H2,1H3,(H,17,18);;;/q;;;3*+1/p-3. The number of rotatable bonds is 42. The van der Waals surface area contributed by atoms with Gasteiger partial charge in [0.2, 0.25) is 0 Å². The second-order valence-corrected chi connectivity index (χ2v) is 16.1. The largest absolute Gasteiger partial charge is 1.00 e. The zero-order valence-electron chi connectivity index (χ0n) is 39.6. The number of aliphatic carboxylic acids is 3. The van der Waals surface area contributed by atoms with E-state index in [9.17, 15) is 29.7 Å². The maximum Gasteiger partial charge on any atom is 1.00 e. The molecule has 57 heavy (non-hydrogen) atoms. The molecule has 0 aromatic rings. The zero-order chi connectivity index (χ0) is 40.4. The van der Waals surface area contributed by atoms with E-state index >= 15 is 0 Å². The minimum absolute atomic E-state index is 0. The third-order valence-electron chi connectivity index (χ3n) is 10.5. The molecule has 9 heteroatoms. The first-order valence-electron chi connectivity index (χ1n) is 23.9. The van der Waals surface area contributed by atoms with E-state index in [1.165, 1.54) is 212 Å². The fourth-order valence-electron chi connectivity index (χ4n) is 6.86. The molecule has 0 heterocycles. The van der Waals surface area contributed by atoms with Crippen LogP contribution in [-0.4, -0.2) is 17.9 Å². The van der Waals surface area contributed by atoms with Gasteiger partial charge in [-0.1, -0.05) is 252 Å². The molecular formula is C48H93Li3O6. The van der Waals surface area contributed by atoms with Crippen molar-refractivity contribution in [2.24, 2.45) is 0 Å². The summed E-state index contributed by atoms with van der Waals surface area (Å²) in [7, 11) is 0. The number of carbonyl (C=O) groups excluding carboxylic acids is 3. The zero-order valence-corrected chi connectivity index (χ0v) is 39.6. The summed E-state index contributed by atoms with van der Waals surface area (Å²) < 4.78 is 0. The van der Waals surface area contributed by atoms with Gasteiger partial charge in [0.25, 0.3) is 0 Å². The molecule has 0 amide bonds. The van der Waals surface area contributed by atoms with Gasteiger partial charge in [0.05, 0.1) is 0 Å². The molecule has 0 unspecified atom stereocenters. The summed E-state index contributed by atoms with van der Waals surface area (Å²) in [5, 5.41) is 30.6. The number of carboxylic acids is 3. The van der Waals surface area contributed by atoms with Crippen molar-refractivity contribution >= 4 is 17.9 Å². The van der Waals surface area contributed by atoms with Crippen LogP contribution in [0.4, 0.5) is 0 Å². The Labute approximate surface area is 392 Å². The number of carboxylic acid groups (broad SMARTS) is 3. The van der Waals surface area contributed by atoms with Crippen molar-refractivity contribution in [2.45, 2.75) is 290 Å². The molecule has 0 spiro atoms. The smallest absolute Gasteiger partial charge is 0.550 e. The Morgan fingerprint density at radius 2 is 0.333 bits per heavy atom. The first kappa shape index (κ1) is 68.9. The Kier molecular flexibility index (Phi) is 79.0. The van der Waals surface area contributed by atoms with Crippen LogP contribution in [0.5, 0.6) is 0 Å². The van der Waals surface area contributed by atoms with Crippen LogP contribution in [0.25, 0.3) is 0 Å². The molecule has 0 aliphatic rings. The molecule has 6 nitrogen and oxygen atoms in total. The van der Waals surface area contributed by atoms with Crippen molar-refractivity contribution in [2.75, 3.05) is 0 Å². The Hall–Kier alpha value is 0.202. The van der Waals surface area contributed by atoms with Gasteiger partial charge in [0.1, 0.15) is 0 Å². The van der Waals surface area contributed by atoms with E-state index < -0.39 is 17.9 Å². The van der Waals surface area contributed by atoms with Gasteiger partial charge in [0, 0.05) is 17.9 Å². The molecule has 0 atom stereocenters. The van der Waals surface area contributed by atoms with Crippen LogP contribution in [0.3, 0.4) is 0 Å². The van der Waals surface area contributed by atoms with Gasteiger partial charge < -0.3 is 29.7 Å². The first-order chi connectivity index (χ1) is 26.3. The van der Waals surface area contributed by atoms with E-state index in [2.05, 4.69) is 20.8 Å². The van der Waals surface area contributed by atoms with Crippen LogP contribution in [-0.2, 0) is 14.4 Å². The fraction of sp³-hybridized carbons (Fsp3) is 0.938. The maximum atomic E-state index is 10.2. The SMILES string of the molecule is CCCCCCCCCCCCCCCC(=O)[O-].CCCCCCCCCCCCCCCC(=O)[O-].CCCCCCCCCCCCCCCC(=O)[O-].[Li+].[Li+].[Li+]. The van der Waals surface area contributed by atoms with Gasteiger partial charge in [-0.2, -0.15) is 0 Å². The van der Waals surface area contributed by atoms with E-state index in [1.807, 2.05) is 0 Å².